The molecule has 5 atom stereocenters. The fourth-order valence-electron chi connectivity index (χ4n) is 3.53. The van der Waals surface area contributed by atoms with Gasteiger partial charge in [-0.1, -0.05) is 24.1 Å². The van der Waals surface area contributed by atoms with E-state index in [1.165, 1.54) is 30.0 Å². The van der Waals surface area contributed by atoms with Gasteiger partial charge in [0.1, 0.15) is 30.7 Å². The number of rotatable bonds is 9. The Balaban J connectivity index is 1.58. The summed E-state index contributed by atoms with van der Waals surface area (Å²) in [4.78, 5) is 22.5. The number of imidazole rings is 1. The van der Waals surface area contributed by atoms with E-state index in [0.29, 0.717) is 0 Å². The van der Waals surface area contributed by atoms with Crippen LogP contribution in [0.3, 0.4) is 0 Å². The molecule has 15 heteroatoms. The Bertz CT molecular complexity index is 1370. The summed E-state index contributed by atoms with van der Waals surface area (Å²) in [7, 11) is -4.34. The normalized spacial score (nSPS) is 24.2. The maximum absolute atomic E-state index is 13.7. The van der Waals surface area contributed by atoms with Crippen LogP contribution >= 0.6 is 7.75 Å². The molecular formula is C21H22FN6O7P. The third-order valence-electron chi connectivity index (χ3n) is 5.43. The number of nitrogen functional groups attached to an aromatic ring is 1. The SMILES string of the molecule is C#C[C@]1(CO[P@@](=O)(N[C@@H](C)C(=O)O)Oc2ccccc2)O[C@@H](n2cnc3c(N)nc(F)nc32)C[C@@H]1O. The number of fused-ring (bicyclic) bond motifs is 1. The first-order valence-electron chi connectivity index (χ1n) is 10.5. The molecule has 190 valence electrons. The van der Waals surface area contributed by atoms with Gasteiger partial charge in [-0.2, -0.15) is 19.4 Å². The number of hydrogen-bond donors (Lipinski definition) is 4. The molecule has 1 fully saturated rings. The van der Waals surface area contributed by atoms with Crippen molar-refractivity contribution < 1.29 is 37.7 Å². The Hall–Kier alpha value is -3.60. The molecule has 36 heavy (non-hydrogen) atoms. The fraction of sp³-hybridized carbons (Fsp3) is 0.333. The minimum Gasteiger partial charge on any atom is -0.480 e. The van der Waals surface area contributed by atoms with Gasteiger partial charge in [0.25, 0.3) is 0 Å². The number of aliphatic carboxylic acids is 1. The Labute approximate surface area is 204 Å². The number of anilines is 1. The van der Waals surface area contributed by atoms with Crippen molar-refractivity contribution in [1.82, 2.24) is 24.6 Å². The molecule has 3 heterocycles. The Morgan fingerprint density at radius 3 is 2.86 bits per heavy atom. The van der Waals surface area contributed by atoms with E-state index < -0.39 is 50.4 Å². The molecule has 0 unspecified atom stereocenters. The van der Waals surface area contributed by atoms with Crippen LogP contribution in [0.25, 0.3) is 11.2 Å². The minimum atomic E-state index is -4.34. The number of aromatic nitrogens is 4. The van der Waals surface area contributed by atoms with Gasteiger partial charge in [-0.3, -0.25) is 13.9 Å². The van der Waals surface area contributed by atoms with Crippen molar-refractivity contribution in [2.24, 2.45) is 0 Å². The zero-order chi connectivity index (χ0) is 26.1. The molecule has 1 aromatic carbocycles. The van der Waals surface area contributed by atoms with Crippen LogP contribution < -0.4 is 15.3 Å². The van der Waals surface area contributed by atoms with Crippen LogP contribution in [0, 0.1) is 18.4 Å². The summed E-state index contributed by atoms with van der Waals surface area (Å²) >= 11 is 0. The van der Waals surface area contributed by atoms with Gasteiger partial charge in [0, 0.05) is 6.42 Å². The molecule has 0 aliphatic carbocycles. The molecule has 4 rings (SSSR count). The summed E-state index contributed by atoms with van der Waals surface area (Å²) in [6.45, 7) is 0.597. The molecule has 0 radical (unpaired) electrons. The second-order valence-electron chi connectivity index (χ2n) is 7.92. The highest BCUT2D eigenvalue weighted by Crippen LogP contribution is 2.47. The number of nitrogens with one attached hydrogen (secondary N) is 1. The van der Waals surface area contributed by atoms with E-state index in [1.54, 1.807) is 18.2 Å². The van der Waals surface area contributed by atoms with E-state index in [-0.39, 0.29) is 29.2 Å². The van der Waals surface area contributed by atoms with Crippen LogP contribution in [0.1, 0.15) is 19.6 Å². The van der Waals surface area contributed by atoms with Crippen molar-refractivity contribution in [2.75, 3.05) is 12.3 Å². The quantitative estimate of drug-likeness (QED) is 0.181. The number of hydrogen-bond acceptors (Lipinski definition) is 10. The largest absolute Gasteiger partial charge is 0.480 e. The van der Waals surface area contributed by atoms with Gasteiger partial charge >= 0.3 is 19.8 Å². The number of carbonyl (C=O) groups is 1. The van der Waals surface area contributed by atoms with Crippen LogP contribution in [-0.4, -0.2) is 60.1 Å². The summed E-state index contributed by atoms with van der Waals surface area (Å²) in [5, 5.41) is 22.4. The van der Waals surface area contributed by atoms with E-state index in [4.69, 9.17) is 25.9 Å². The standard InChI is InChI=1S/C21H22FN6O7P/c1-3-21(10-33-36(32,27-12(2)19(30)31)35-13-7-5-4-6-8-13)14(29)9-15(34-21)28-11-24-16-17(23)25-20(22)26-18(16)28/h1,4-8,11-12,14-15,29H,9-10H2,2H3,(H,27,32)(H,30,31)(H2,23,25,26)/t12-,14-,15+,21+,36-/m0/s1. The highest BCUT2D eigenvalue weighted by Gasteiger charge is 2.50. The molecule has 1 aliphatic heterocycles. The molecule has 0 spiro atoms. The number of carboxylic acid groups (broad SMARTS) is 1. The lowest BCUT2D eigenvalue weighted by molar-refractivity contribution is -0.138. The molecule has 13 nitrogen and oxygen atoms in total. The highest BCUT2D eigenvalue weighted by atomic mass is 31.2. The van der Waals surface area contributed by atoms with E-state index in [9.17, 15) is 24.0 Å². The number of nitrogens with two attached hydrogens (primary N) is 1. The van der Waals surface area contributed by atoms with Crippen LogP contribution in [0.4, 0.5) is 10.2 Å². The maximum Gasteiger partial charge on any atom is 0.459 e. The summed E-state index contributed by atoms with van der Waals surface area (Å²) in [6, 6.07) is 6.60. The number of ether oxygens (including phenoxy) is 1. The van der Waals surface area contributed by atoms with Gasteiger partial charge in [0.15, 0.2) is 22.6 Å². The van der Waals surface area contributed by atoms with Crippen LogP contribution in [0.5, 0.6) is 5.75 Å². The third kappa shape index (κ3) is 5.01. The van der Waals surface area contributed by atoms with Gasteiger partial charge in [-0.25, -0.2) is 9.55 Å². The number of terminal acetylenes is 1. The van der Waals surface area contributed by atoms with Gasteiger partial charge < -0.3 is 25.2 Å². The van der Waals surface area contributed by atoms with Crippen molar-refractivity contribution in [3.05, 3.63) is 42.7 Å². The lowest BCUT2D eigenvalue weighted by atomic mass is 9.99. The molecule has 2 aromatic heterocycles. The number of benzene rings is 1. The molecular weight excluding hydrogens is 498 g/mol. The van der Waals surface area contributed by atoms with Gasteiger partial charge in [-0.15, -0.1) is 6.42 Å². The van der Waals surface area contributed by atoms with E-state index in [0.717, 1.165) is 0 Å². The average molecular weight is 520 g/mol. The van der Waals surface area contributed by atoms with Gasteiger partial charge in [-0.05, 0) is 19.1 Å². The molecule has 5 N–H and O–H groups in total. The Morgan fingerprint density at radius 1 is 1.47 bits per heavy atom. The van der Waals surface area contributed by atoms with Crippen LogP contribution in [0.15, 0.2) is 36.7 Å². The number of aliphatic hydroxyl groups is 1. The summed E-state index contributed by atoms with van der Waals surface area (Å²) in [5.74, 6) is 0.967. The summed E-state index contributed by atoms with van der Waals surface area (Å²) in [6.07, 6.45) is 3.47. The summed E-state index contributed by atoms with van der Waals surface area (Å²) in [5.41, 5.74) is 4.00. The van der Waals surface area contributed by atoms with Crippen LogP contribution in [-0.2, 0) is 18.6 Å². The predicted molar refractivity (Wildman–Crippen MR) is 123 cm³/mol. The number of aliphatic hydroxyl groups excluding tert-OH is 1. The van der Waals surface area contributed by atoms with Crippen molar-refractivity contribution in [3.63, 3.8) is 0 Å². The number of nitrogens with zero attached hydrogens (tertiary/aromatic N) is 4. The first-order valence-corrected chi connectivity index (χ1v) is 12.1. The van der Waals surface area contributed by atoms with Crippen molar-refractivity contribution in [2.45, 2.75) is 37.3 Å². The maximum atomic E-state index is 13.7. The Kier molecular flexibility index (Phi) is 6.94. The minimum absolute atomic E-state index is 0.0148. The average Bonchev–Trinajstić information content (AvgIpc) is 3.39. The molecule has 0 amide bonds. The molecule has 1 saturated heterocycles. The van der Waals surface area contributed by atoms with Crippen molar-refractivity contribution >= 4 is 30.7 Å². The first-order chi connectivity index (χ1) is 17.1. The molecule has 0 bridgehead atoms. The number of carboxylic acids is 1. The second kappa shape index (κ2) is 9.81. The first kappa shape index (κ1) is 25.5. The Morgan fingerprint density at radius 2 is 2.19 bits per heavy atom. The highest BCUT2D eigenvalue weighted by molar-refractivity contribution is 7.52. The molecule has 3 aromatic rings. The van der Waals surface area contributed by atoms with E-state index >= 15 is 0 Å². The zero-order valence-electron chi connectivity index (χ0n) is 18.8. The van der Waals surface area contributed by atoms with Crippen molar-refractivity contribution in [3.8, 4) is 18.1 Å². The smallest absolute Gasteiger partial charge is 0.459 e. The van der Waals surface area contributed by atoms with Gasteiger partial charge in [0.2, 0.25) is 0 Å². The monoisotopic (exact) mass is 520 g/mol. The topological polar surface area (TPSA) is 184 Å². The van der Waals surface area contributed by atoms with Crippen molar-refractivity contribution in [1.29, 1.82) is 0 Å². The zero-order valence-corrected chi connectivity index (χ0v) is 19.7. The second-order valence-corrected chi connectivity index (χ2v) is 9.62. The van der Waals surface area contributed by atoms with E-state index in [1.807, 2.05) is 0 Å². The van der Waals surface area contributed by atoms with E-state index in [2.05, 4.69) is 26.0 Å². The van der Waals surface area contributed by atoms with Gasteiger partial charge in [0.05, 0.1) is 6.33 Å². The summed E-state index contributed by atoms with van der Waals surface area (Å²) < 4.78 is 45.4. The van der Waals surface area contributed by atoms with Crippen LogP contribution in [0.2, 0.25) is 0 Å². The fourth-order valence-corrected chi connectivity index (χ4v) is 5.05. The number of halogens is 1. The molecule has 1 aliphatic rings. The lowest BCUT2D eigenvalue weighted by Gasteiger charge is -2.29. The predicted octanol–water partition coefficient (Wildman–Crippen LogP) is 1.47. The molecule has 0 saturated carbocycles. The third-order valence-corrected chi connectivity index (χ3v) is 7.05. The lowest BCUT2D eigenvalue weighted by Crippen LogP contribution is -2.43. The number of para-hydroxylation sites is 1.